The zero-order chi connectivity index (χ0) is 30.0. The molecule has 2 heterocycles. The summed E-state index contributed by atoms with van der Waals surface area (Å²) in [5.74, 6) is 0.311. The minimum Gasteiger partial charge on any atom is -0.507 e. The van der Waals surface area contributed by atoms with Crippen molar-refractivity contribution in [3.05, 3.63) is 82.9 Å². The largest absolute Gasteiger partial charge is 0.507 e. The van der Waals surface area contributed by atoms with Crippen LogP contribution in [0, 0.1) is 12.8 Å². The van der Waals surface area contributed by atoms with Gasteiger partial charge in [-0.3, -0.25) is 14.5 Å². The normalized spacial score (nSPS) is 16.4. The Morgan fingerprint density at radius 1 is 1.02 bits per heavy atom. The van der Waals surface area contributed by atoms with Gasteiger partial charge in [0.15, 0.2) is 16.6 Å². The number of carbonyl (C=O) groups is 2. The predicted octanol–water partition coefficient (Wildman–Crippen LogP) is 7.06. The molecule has 1 unspecified atom stereocenters. The minimum atomic E-state index is -0.947. The molecular weight excluding hydrogens is 552 g/mol. The van der Waals surface area contributed by atoms with Crippen molar-refractivity contribution in [3.63, 3.8) is 0 Å². The molecule has 9 heteroatoms. The fourth-order valence-electron chi connectivity index (χ4n) is 4.86. The molecule has 1 aliphatic heterocycles. The highest BCUT2D eigenvalue weighted by Gasteiger charge is 2.48. The van der Waals surface area contributed by atoms with Crippen LogP contribution in [0.5, 0.6) is 17.2 Å². The monoisotopic (exact) mass is 586 g/mol. The summed E-state index contributed by atoms with van der Waals surface area (Å²) in [4.78, 5) is 33.4. The highest BCUT2D eigenvalue weighted by atomic mass is 32.1. The Labute approximate surface area is 249 Å². The van der Waals surface area contributed by atoms with E-state index in [0.29, 0.717) is 52.6 Å². The molecule has 218 valence electrons. The molecule has 5 rings (SSSR count). The van der Waals surface area contributed by atoms with Gasteiger partial charge in [-0.2, -0.15) is 0 Å². The highest BCUT2D eigenvalue weighted by molar-refractivity contribution is 7.22. The van der Waals surface area contributed by atoms with Gasteiger partial charge in [-0.25, -0.2) is 4.98 Å². The van der Waals surface area contributed by atoms with Crippen LogP contribution in [0.4, 0.5) is 5.13 Å². The average molecular weight is 587 g/mol. The number of methoxy groups -OCH3 is 1. The van der Waals surface area contributed by atoms with E-state index < -0.39 is 17.7 Å². The van der Waals surface area contributed by atoms with Crippen molar-refractivity contribution in [2.45, 2.75) is 40.2 Å². The van der Waals surface area contributed by atoms with Crippen molar-refractivity contribution in [2.75, 3.05) is 25.2 Å². The predicted molar refractivity (Wildman–Crippen MR) is 165 cm³/mol. The number of hydrogen-bond donors (Lipinski definition) is 1. The number of Topliss-reactive ketones (excluding diaryl/α,β-unsaturated/α-hetero) is 1. The maximum atomic E-state index is 13.7. The highest BCUT2D eigenvalue weighted by Crippen LogP contribution is 2.46. The maximum Gasteiger partial charge on any atom is 0.301 e. The Bertz CT molecular complexity index is 1660. The number of aromatic nitrogens is 1. The molecular formula is C33H34N2O6S. The van der Waals surface area contributed by atoms with Crippen molar-refractivity contribution in [3.8, 4) is 17.2 Å². The maximum absolute atomic E-state index is 13.7. The molecule has 8 nitrogen and oxygen atoms in total. The van der Waals surface area contributed by atoms with Crippen LogP contribution >= 0.6 is 11.3 Å². The van der Waals surface area contributed by atoms with E-state index in [9.17, 15) is 14.7 Å². The Kier molecular flexibility index (Phi) is 8.49. The molecule has 3 aromatic carbocycles. The summed E-state index contributed by atoms with van der Waals surface area (Å²) in [6, 6.07) is 16.9. The van der Waals surface area contributed by atoms with Gasteiger partial charge in [0, 0.05) is 5.56 Å². The number of benzene rings is 3. The summed E-state index contributed by atoms with van der Waals surface area (Å²) in [7, 11) is 1.55. The zero-order valence-electron chi connectivity index (χ0n) is 24.3. The molecule has 1 atom stereocenters. The van der Waals surface area contributed by atoms with Gasteiger partial charge in [0.05, 0.1) is 42.2 Å². The Morgan fingerprint density at radius 3 is 2.48 bits per heavy atom. The summed E-state index contributed by atoms with van der Waals surface area (Å²) in [5, 5.41) is 11.9. The smallest absolute Gasteiger partial charge is 0.301 e. The third-order valence-electron chi connectivity index (χ3n) is 7.08. The Hall–Kier alpha value is -4.37. The number of nitrogens with zero attached hydrogens (tertiary/aromatic N) is 2. The molecule has 1 N–H and O–H groups in total. The van der Waals surface area contributed by atoms with Crippen LogP contribution in [0.2, 0.25) is 0 Å². The van der Waals surface area contributed by atoms with Gasteiger partial charge in [-0.15, -0.1) is 0 Å². The van der Waals surface area contributed by atoms with E-state index in [0.717, 1.165) is 22.2 Å². The van der Waals surface area contributed by atoms with Crippen molar-refractivity contribution >= 4 is 44.1 Å². The zero-order valence-corrected chi connectivity index (χ0v) is 25.2. The molecule has 0 saturated carbocycles. The molecule has 4 aromatic rings. The lowest BCUT2D eigenvalue weighted by molar-refractivity contribution is -0.132. The van der Waals surface area contributed by atoms with Gasteiger partial charge in [0.25, 0.3) is 5.78 Å². The number of rotatable bonds is 10. The lowest BCUT2D eigenvalue weighted by Crippen LogP contribution is -2.29. The van der Waals surface area contributed by atoms with Gasteiger partial charge < -0.3 is 19.3 Å². The van der Waals surface area contributed by atoms with E-state index in [4.69, 9.17) is 19.2 Å². The molecule has 42 heavy (non-hydrogen) atoms. The second-order valence-electron chi connectivity index (χ2n) is 10.5. The number of ketones is 1. The first-order valence-electron chi connectivity index (χ1n) is 13.9. The van der Waals surface area contributed by atoms with Crippen LogP contribution in [-0.2, 0) is 9.59 Å². The minimum absolute atomic E-state index is 0.0310. The van der Waals surface area contributed by atoms with Gasteiger partial charge in [-0.1, -0.05) is 37.3 Å². The molecule has 1 fully saturated rings. The first-order valence-corrected chi connectivity index (χ1v) is 14.8. The van der Waals surface area contributed by atoms with Crippen LogP contribution in [0.15, 0.2) is 66.2 Å². The number of fused-ring (bicyclic) bond motifs is 1. The number of amides is 1. The first kappa shape index (κ1) is 29.1. The quantitative estimate of drug-likeness (QED) is 0.121. The molecule has 1 amide bonds. The van der Waals surface area contributed by atoms with Crippen LogP contribution in [0.1, 0.15) is 49.9 Å². The number of anilines is 1. The summed E-state index contributed by atoms with van der Waals surface area (Å²) >= 11 is 1.32. The fourth-order valence-corrected chi connectivity index (χ4v) is 5.95. The third-order valence-corrected chi connectivity index (χ3v) is 8.10. The second-order valence-corrected chi connectivity index (χ2v) is 11.5. The molecule has 0 bridgehead atoms. The summed E-state index contributed by atoms with van der Waals surface area (Å²) in [6.07, 6.45) is 0.881. The summed E-state index contributed by atoms with van der Waals surface area (Å²) < 4.78 is 18.1. The topological polar surface area (TPSA) is 98.2 Å². The average Bonchev–Trinajstić information content (AvgIpc) is 3.50. The number of ether oxygens (including phenoxy) is 3. The lowest BCUT2D eigenvalue weighted by Gasteiger charge is -2.24. The van der Waals surface area contributed by atoms with E-state index in [-0.39, 0.29) is 11.3 Å². The first-order chi connectivity index (χ1) is 20.2. The number of aliphatic hydroxyl groups is 1. The summed E-state index contributed by atoms with van der Waals surface area (Å²) in [5.41, 5.74) is 2.72. The van der Waals surface area contributed by atoms with E-state index >= 15 is 0 Å². The fraction of sp³-hybridized carbons (Fsp3) is 0.303. The van der Waals surface area contributed by atoms with Gasteiger partial charge in [-0.05, 0) is 85.8 Å². The van der Waals surface area contributed by atoms with Crippen LogP contribution in [0.25, 0.3) is 16.0 Å². The molecule has 1 aliphatic rings. The van der Waals surface area contributed by atoms with Crippen LogP contribution in [-0.4, -0.2) is 42.1 Å². The SMILES string of the molecule is CCOc1cc(C2C(=C(O)c3ccc(OC)cc3)C(=O)C(=O)N2c2nc3ccc(C)cc3s2)ccc1OCCC(C)C. The molecule has 0 aliphatic carbocycles. The number of aryl methyl sites for hydroxylation is 1. The lowest BCUT2D eigenvalue weighted by atomic mass is 9.95. The molecule has 0 radical (unpaired) electrons. The summed E-state index contributed by atoms with van der Waals surface area (Å²) in [6.45, 7) is 9.05. The molecule has 1 saturated heterocycles. The van der Waals surface area contributed by atoms with Crippen molar-refractivity contribution in [1.82, 2.24) is 4.98 Å². The van der Waals surface area contributed by atoms with Crippen molar-refractivity contribution in [1.29, 1.82) is 0 Å². The number of thiazole rings is 1. The van der Waals surface area contributed by atoms with E-state index in [1.807, 2.05) is 32.0 Å². The third kappa shape index (κ3) is 5.69. The Morgan fingerprint density at radius 2 is 1.79 bits per heavy atom. The van der Waals surface area contributed by atoms with E-state index in [2.05, 4.69) is 13.8 Å². The van der Waals surface area contributed by atoms with E-state index in [1.54, 1.807) is 49.6 Å². The standard InChI is InChI=1S/C33H34N2O6S/c1-6-40-26-18-22(10-14-25(26)41-16-15-19(2)3)29-28(30(36)21-8-11-23(39-5)12-9-21)31(37)32(38)35(29)33-34-24-13-7-20(4)17-27(24)42-33/h7-14,17-19,29,36H,6,15-16H2,1-5H3. The van der Waals surface area contributed by atoms with Crippen molar-refractivity contribution in [2.24, 2.45) is 5.92 Å². The van der Waals surface area contributed by atoms with Crippen LogP contribution < -0.4 is 19.1 Å². The van der Waals surface area contributed by atoms with Gasteiger partial charge in [0.1, 0.15) is 11.5 Å². The molecule has 0 spiro atoms. The van der Waals surface area contributed by atoms with Crippen molar-refractivity contribution < 1.29 is 28.9 Å². The van der Waals surface area contributed by atoms with Gasteiger partial charge in [0.2, 0.25) is 0 Å². The number of aliphatic hydroxyl groups excluding tert-OH is 1. The molecule has 1 aromatic heterocycles. The second kappa shape index (κ2) is 12.2. The van der Waals surface area contributed by atoms with E-state index in [1.165, 1.54) is 16.2 Å². The number of hydrogen-bond acceptors (Lipinski definition) is 8. The van der Waals surface area contributed by atoms with Gasteiger partial charge >= 0.3 is 5.91 Å². The number of carbonyl (C=O) groups excluding carboxylic acids is 2. The Balaban J connectivity index is 1.67. The van der Waals surface area contributed by atoms with Crippen LogP contribution in [0.3, 0.4) is 0 Å².